The monoisotopic (exact) mass is 549 g/mol. The highest BCUT2D eigenvalue weighted by Gasteiger charge is 2.37. The lowest BCUT2D eigenvalue weighted by atomic mass is 9.93. The molecule has 216 valence electrons. The smallest absolute Gasteiger partial charge is 0.408 e. The molecule has 3 amide bonds. The minimum atomic E-state index is -1.03. The number of nitrogens with one attached hydrogen (secondary N) is 2. The van der Waals surface area contributed by atoms with E-state index in [1.54, 1.807) is 39.0 Å². The van der Waals surface area contributed by atoms with E-state index in [0.29, 0.717) is 5.56 Å². The minimum Gasteiger partial charge on any atom is -0.508 e. The summed E-state index contributed by atoms with van der Waals surface area (Å²) < 4.78 is 5.47. The van der Waals surface area contributed by atoms with Gasteiger partial charge in [0.05, 0.1) is 0 Å². The number of ether oxygens (including phenoxy) is 1. The molecule has 0 saturated heterocycles. The maximum atomic E-state index is 14.3. The Bertz CT molecular complexity index is 1170. The number of phenols is 1. The summed E-state index contributed by atoms with van der Waals surface area (Å²) in [6.45, 7) is 11.1. The van der Waals surface area contributed by atoms with E-state index in [-0.39, 0.29) is 30.7 Å². The third kappa shape index (κ3) is 8.86. The zero-order valence-corrected chi connectivity index (χ0v) is 24.1. The Labute approximate surface area is 237 Å². The van der Waals surface area contributed by atoms with Gasteiger partial charge in [0.1, 0.15) is 23.4 Å². The first kappa shape index (κ1) is 30.7. The number of aryl methyl sites for hydroxylation is 1. The maximum absolute atomic E-state index is 14.3. The van der Waals surface area contributed by atoms with Crippen LogP contribution in [-0.2, 0) is 20.7 Å². The molecule has 1 aliphatic carbocycles. The molecular formula is C32H43N3O5. The van der Waals surface area contributed by atoms with Gasteiger partial charge in [0.15, 0.2) is 0 Å². The molecule has 1 aliphatic rings. The number of carbonyl (C=O) groups excluding carboxylic acids is 3. The molecule has 0 bridgehead atoms. The Morgan fingerprint density at radius 3 is 2.33 bits per heavy atom. The first-order chi connectivity index (χ1) is 19.0. The van der Waals surface area contributed by atoms with Crippen molar-refractivity contribution in [3.05, 3.63) is 77.9 Å². The number of phenolic OH excluding ortho intramolecular Hbond substituents is 1. The van der Waals surface area contributed by atoms with Crippen LogP contribution in [0.4, 0.5) is 4.79 Å². The van der Waals surface area contributed by atoms with Crippen LogP contribution in [0.3, 0.4) is 0 Å². The summed E-state index contributed by atoms with van der Waals surface area (Å²) in [6, 6.07) is 12.1. The van der Waals surface area contributed by atoms with Crippen LogP contribution in [0.5, 0.6) is 5.75 Å². The van der Waals surface area contributed by atoms with E-state index < -0.39 is 29.7 Å². The summed E-state index contributed by atoms with van der Waals surface area (Å²) in [6.07, 6.45) is 6.08. The van der Waals surface area contributed by atoms with Gasteiger partial charge in [-0.05, 0) is 69.4 Å². The molecule has 0 aromatic heterocycles. The molecule has 1 saturated carbocycles. The molecule has 3 N–H and O–H groups in total. The topological polar surface area (TPSA) is 108 Å². The molecule has 8 nitrogen and oxygen atoms in total. The number of amides is 3. The van der Waals surface area contributed by atoms with Gasteiger partial charge < -0.3 is 25.4 Å². The molecule has 2 aromatic rings. The molecule has 8 heteroatoms. The molecule has 0 radical (unpaired) electrons. The van der Waals surface area contributed by atoms with Gasteiger partial charge in [-0.3, -0.25) is 9.59 Å². The molecule has 3 rings (SSSR count). The van der Waals surface area contributed by atoms with E-state index in [0.717, 1.165) is 43.2 Å². The number of alkyl carbamates (subject to hydrolysis) is 1. The number of benzene rings is 2. The zero-order chi connectivity index (χ0) is 29.3. The Balaban J connectivity index is 2.00. The van der Waals surface area contributed by atoms with Crippen molar-refractivity contribution in [2.24, 2.45) is 0 Å². The fourth-order valence-electron chi connectivity index (χ4n) is 5.05. The summed E-state index contributed by atoms with van der Waals surface area (Å²) in [4.78, 5) is 42.6. The van der Waals surface area contributed by atoms with Gasteiger partial charge in [0.25, 0.3) is 0 Å². The molecule has 40 heavy (non-hydrogen) atoms. The fraction of sp³-hybridized carbons (Fsp3) is 0.469. The summed E-state index contributed by atoms with van der Waals surface area (Å²) in [5, 5.41) is 15.7. The largest absolute Gasteiger partial charge is 0.508 e. The second-order valence-corrected chi connectivity index (χ2v) is 11.5. The maximum Gasteiger partial charge on any atom is 0.408 e. The van der Waals surface area contributed by atoms with Gasteiger partial charge in [-0.15, -0.1) is 6.58 Å². The first-order valence-corrected chi connectivity index (χ1v) is 14.0. The molecule has 2 unspecified atom stereocenters. The highest BCUT2D eigenvalue weighted by Crippen LogP contribution is 2.27. The Hall–Kier alpha value is -3.81. The first-order valence-electron chi connectivity index (χ1n) is 14.0. The SMILES string of the molecule is C=CCN(C(=O)C(Cc1ccc(O)cc1)NC(=O)OC(C)(C)C)C(C(=O)NC1CCCCC1)c1ccccc1C. The van der Waals surface area contributed by atoms with Crippen LogP contribution in [-0.4, -0.2) is 52.1 Å². The van der Waals surface area contributed by atoms with Crippen molar-refractivity contribution < 1.29 is 24.2 Å². The number of hydrogen-bond acceptors (Lipinski definition) is 5. The normalized spacial score (nSPS) is 15.4. The fourth-order valence-corrected chi connectivity index (χ4v) is 5.05. The van der Waals surface area contributed by atoms with Crippen LogP contribution < -0.4 is 10.6 Å². The van der Waals surface area contributed by atoms with Crippen molar-refractivity contribution in [1.29, 1.82) is 0 Å². The highest BCUT2D eigenvalue weighted by molar-refractivity contribution is 5.92. The number of aromatic hydroxyl groups is 1. The van der Waals surface area contributed by atoms with Gasteiger partial charge in [-0.2, -0.15) is 0 Å². The number of rotatable bonds is 10. The lowest BCUT2D eigenvalue weighted by Gasteiger charge is -2.35. The van der Waals surface area contributed by atoms with Crippen molar-refractivity contribution in [2.75, 3.05) is 6.54 Å². The zero-order valence-electron chi connectivity index (χ0n) is 24.1. The Morgan fingerprint density at radius 1 is 1.07 bits per heavy atom. The van der Waals surface area contributed by atoms with Gasteiger partial charge in [0, 0.05) is 19.0 Å². The van der Waals surface area contributed by atoms with Gasteiger partial charge in [-0.25, -0.2) is 4.79 Å². The second kappa shape index (κ2) is 14.0. The van der Waals surface area contributed by atoms with Crippen LogP contribution in [0, 0.1) is 6.92 Å². The molecule has 2 atom stereocenters. The van der Waals surface area contributed by atoms with Crippen molar-refractivity contribution in [3.63, 3.8) is 0 Å². The summed E-state index contributed by atoms with van der Waals surface area (Å²) >= 11 is 0. The summed E-state index contributed by atoms with van der Waals surface area (Å²) in [7, 11) is 0. The molecule has 0 aliphatic heterocycles. The number of nitrogens with zero attached hydrogens (tertiary/aromatic N) is 1. The Kier molecular flexibility index (Phi) is 10.8. The van der Waals surface area contributed by atoms with Crippen LogP contribution in [0.25, 0.3) is 0 Å². The van der Waals surface area contributed by atoms with Crippen LogP contribution in [0.15, 0.2) is 61.2 Å². The van der Waals surface area contributed by atoms with Crippen molar-refractivity contribution in [2.45, 2.75) is 89.9 Å². The van der Waals surface area contributed by atoms with Gasteiger partial charge in [-0.1, -0.05) is 61.7 Å². The van der Waals surface area contributed by atoms with E-state index >= 15 is 0 Å². The van der Waals surface area contributed by atoms with Gasteiger partial charge >= 0.3 is 6.09 Å². The average Bonchev–Trinajstić information content (AvgIpc) is 2.89. The summed E-state index contributed by atoms with van der Waals surface area (Å²) in [5.74, 6) is -0.595. The predicted octanol–water partition coefficient (Wildman–Crippen LogP) is 5.34. The molecule has 0 spiro atoms. The molecule has 1 fully saturated rings. The average molecular weight is 550 g/mol. The lowest BCUT2D eigenvalue weighted by molar-refractivity contribution is -0.142. The highest BCUT2D eigenvalue weighted by atomic mass is 16.6. The van der Waals surface area contributed by atoms with E-state index in [2.05, 4.69) is 17.2 Å². The van der Waals surface area contributed by atoms with Gasteiger partial charge in [0.2, 0.25) is 11.8 Å². The molecule has 2 aromatic carbocycles. The standard InChI is InChI=1S/C32H43N3O5/c1-6-20-35(28(26-15-11-10-12-22(26)2)29(37)33-24-13-8-7-9-14-24)30(38)27(34-31(39)40-32(3,4)5)21-23-16-18-25(36)19-17-23/h6,10-12,15-19,24,27-28,36H,1,7-9,13-14,20-21H2,2-5H3,(H,33,37)(H,34,39). The van der Waals surface area contributed by atoms with E-state index in [1.807, 2.05) is 31.2 Å². The molecular weight excluding hydrogens is 506 g/mol. The van der Waals surface area contributed by atoms with Crippen molar-refractivity contribution >= 4 is 17.9 Å². The lowest BCUT2D eigenvalue weighted by Crippen LogP contribution is -2.54. The van der Waals surface area contributed by atoms with Crippen LogP contribution >= 0.6 is 0 Å². The molecule has 0 heterocycles. The van der Waals surface area contributed by atoms with Crippen LogP contribution in [0.2, 0.25) is 0 Å². The predicted molar refractivity (Wildman–Crippen MR) is 156 cm³/mol. The van der Waals surface area contributed by atoms with E-state index in [9.17, 15) is 19.5 Å². The van der Waals surface area contributed by atoms with Crippen LogP contribution in [0.1, 0.15) is 75.6 Å². The summed E-state index contributed by atoms with van der Waals surface area (Å²) in [5.41, 5.74) is 1.56. The second-order valence-electron chi connectivity index (χ2n) is 11.5. The van der Waals surface area contributed by atoms with E-state index in [4.69, 9.17) is 4.74 Å². The Morgan fingerprint density at radius 2 is 1.73 bits per heavy atom. The van der Waals surface area contributed by atoms with Crippen molar-refractivity contribution in [1.82, 2.24) is 15.5 Å². The number of carbonyl (C=O) groups is 3. The van der Waals surface area contributed by atoms with Crippen molar-refractivity contribution in [3.8, 4) is 5.75 Å². The third-order valence-electron chi connectivity index (χ3n) is 6.97. The quantitative estimate of drug-likeness (QED) is 0.347. The third-order valence-corrected chi connectivity index (χ3v) is 6.97. The number of hydrogen-bond donors (Lipinski definition) is 3. The minimum absolute atomic E-state index is 0.0566. The van der Waals surface area contributed by atoms with E-state index in [1.165, 1.54) is 17.0 Å².